The minimum Gasteiger partial charge on any atom is -0.399 e. The molecule has 2 atom stereocenters. The Morgan fingerprint density at radius 2 is 1.84 bits per heavy atom. The number of nitrogens with two attached hydrogens (primary N) is 1. The Hall–Kier alpha value is -3.09. The van der Waals surface area contributed by atoms with Crippen molar-refractivity contribution in [2.24, 2.45) is 15.8 Å². The molecule has 0 spiro atoms. The normalized spacial score (nSPS) is 15.7. The van der Waals surface area contributed by atoms with Gasteiger partial charge >= 0.3 is 0 Å². The summed E-state index contributed by atoms with van der Waals surface area (Å²) >= 11 is 0. The lowest BCUT2D eigenvalue weighted by atomic mass is 10.1. The Morgan fingerprint density at radius 1 is 1.22 bits per heavy atom. The molecule has 0 heterocycles. The molecule has 0 aromatic heterocycles. The van der Waals surface area contributed by atoms with Gasteiger partial charge in [0.05, 0.1) is 12.6 Å². The third kappa shape index (κ3) is 11.3. The third-order valence-electron chi connectivity index (χ3n) is 4.61. The van der Waals surface area contributed by atoms with Crippen LogP contribution in [-0.2, 0) is 0 Å². The van der Waals surface area contributed by atoms with Gasteiger partial charge in [-0.2, -0.15) is 5.10 Å². The zero-order valence-electron chi connectivity index (χ0n) is 20.8. The summed E-state index contributed by atoms with van der Waals surface area (Å²) in [6, 6.07) is -0.323. The summed E-state index contributed by atoms with van der Waals surface area (Å²) in [5, 5.41) is 12.4. The van der Waals surface area contributed by atoms with E-state index in [0.717, 1.165) is 28.3 Å². The molecule has 0 rings (SSSR count). The quantitative estimate of drug-likeness (QED) is 0.202. The fraction of sp³-hybridized carbons (Fsp3) is 0.440. The number of nitrogens with one attached hydrogen (secondary N) is 2. The molecule has 1 unspecified atom stereocenters. The first-order valence-corrected chi connectivity index (χ1v) is 10.7. The van der Waals surface area contributed by atoms with Crippen LogP contribution < -0.4 is 16.4 Å². The topological polar surface area (TPSA) is 78.0 Å². The van der Waals surface area contributed by atoms with Crippen LogP contribution in [0, 0.1) is 0 Å². The molecule has 0 aromatic rings. The lowest BCUT2D eigenvalue weighted by Crippen LogP contribution is -2.34. The average Bonchev–Trinajstić information content (AvgIpc) is 2.73. The van der Waals surface area contributed by atoms with Crippen molar-refractivity contribution in [2.45, 2.75) is 60.2 Å². The van der Waals surface area contributed by atoms with Crippen LogP contribution >= 0.6 is 0 Å². The summed E-state index contributed by atoms with van der Waals surface area (Å²) in [4.78, 5) is 4.48. The van der Waals surface area contributed by atoms with Gasteiger partial charge in [-0.3, -0.25) is 10.0 Å². The molecular weight excluding hydrogens is 403 g/mol. The predicted molar refractivity (Wildman–Crippen MR) is 138 cm³/mol. The average molecular weight is 445 g/mol. The Labute approximate surface area is 193 Å². The van der Waals surface area contributed by atoms with E-state index in [1.165, 1.54) is 0 Å². The summed E-state index contributed by atoms with van der Waals surface area (Å²) in [6.07, 6.45) is 6.41. The van der Waals surface area contributed by atoms with Gasteiger partial charge in [-0.1, -0.05) is 26.7 Å². The van der Waals surface area contributed by atoms with Crippen molar-refractivity contribution in [1.82, 2.24) is 15.6 Å². The molecule has 0 bridgehead atoms. The highest BCUT2D eigenvalue weighted by Crippen LogP contribution is 2.17. The van der Waals surface area contributed by atoms with E-state index >= 15 is 0 Å². The maximum absolute atomic E-state index is 13.9. The Morgan fingerprint density at radius 3 is 2.38 bits per heavy atom. The zero-order chi connectivity index (χ0) is 24.8. The van der Waals surface area contributed by atoms with Gasteiger partial charge in [0.25, 0.3) is 0 Å². The molecule has 0 saturated carbocycles. The monoisotopic (exact) mass is 444 g/mol. The molecule has 0 aromatic carbocycles. The fourth-order valence-electron chi connectivity index (χ4n) is 2.75. The number of aliphatic imine (C=N–C) groups is 1. The summed E-state index contributed by atoms with van der Waals surface area (Å²) in [5.41, 5.74) is 11.3. The first-order valence-electron chi connectivity index (χ1n) is 10.7. The van der Waals surface area contributed by atoms with Crippen LogP contribution in [0.25, 0.3) is 0 Å². The molecule has 0 radical (unpaired) electrons. The van der Waals surface area contributed by atoms with Crippen molar-refractivity contribution in [3.05, 3.63) is 72.0 Å². The summed E-state index contributed by atoms with van der Waals surface area (Å²) in [7, 11) is 1.87. The van der Waals surface area contributed by atoms with E-state index in [-0.39, 0.29) is 6.04 Å². The highest BCUT2D eigenvalue weighted by atomic mass is 19.1. The van der Waals surface area contributed by atoms with Crippen molar-refractivity contribution in [3.8, 4) is 0 Å². The Balaban J connectivity index is 5.43. The van der Waals surface area contributed by atoms with Crippen molar-refractivity contribution < 1.29 is 4.39 Å². The van der Waals surface area contributed by atoms with E-state index in [0.29, 0.717) is 24.4 Å². The smallest absolute Gasteiger partial charge is 0.120 e. The maximum atomic E-state index is 13.9. The molecule has 0 aliphatic carbocycles. The molecule has 178 valence electrons. The minimum atomic E-state index is -0.937. The molecular formula is C25H41FN6. The van der Waals surface area contributed by atoms with Gasteiger partial charge in [-0.05, 0) is 58.8 Å². The second-order valence-electron chi connectivity index (χ2n) is 7.84. The molecule has 0 amide bonds. The van der Waals surface area contributed by atoms with Gasteiger partial charge in [0.1, 0.15) is 6.17 Å². The Bertz CT molecular complexity index is 816. The van der Waals surface area contributed by atoms with Crippen LogP contribution in [0.1, 0.15) is 48.0 Å². The zero-order valence-corrected chi connectivity index (χ0v) is 20.8. The highest BCUT2D eigenvalue weighted by molar-refractivity contribution is 5.84. The third-order valence-corrected chi connectivity index (χ3v) is 4.61. The van der Waals surface area contributed by atoms with E-state index in [4.69, 9.17) is 5.73 Å². The molecule has 6 nitrogen and oxygen atoms in total. The van der Waals surface area contributed by atoms with Crippen LogP contribution in [0.4, 0.5) is 4.39 Å². The molecule has 4 N–H and O–H groups in total. The van der Waals surface area contributed by atoms with Crippen molar-refractivity contribution in [3.63, 3.8) is 0 Å². The number of hydrogen-bond donors (Lipinski definition) is 3. The van der Waals surface area contributed by atoms with Crippen LogP contribution in [-0.4, -0.2) is 42.7 Å². The lowest BCUT2D eigenvalue weighted by molar-refractivity contribution is 0.264. The van der Waals surface area contributed by atoms with E-state index in [9.17, 15) is 4.39 Å². The number of nitrogens with zero attached hydrogens (tertiary/aromatic N) is 3. The number of rotatable bonds is 14. The number of alkyl halides is 1. The number of allylic oxidation sites excluding steroid dienone is 5. The summed E-state index contributed by atoms with van der Waals surface area (Å²) < 4.78 is 13.9. The fourth-order valence-corrected chi connectivity index (χ4v) is 2.75. The van der Waals surface area contributed by atoms with Gasteiger partial charge in [0.15, 0.2) is 0 Å². The van der Waals surface area contributed by atoms with Crippen LogP contribution in [0.2, 0.25) is 0 Å². The highest BCUT2D eigenvalue weighted by Gasteiger charge is 2.15. The SMILES string of the molecule is C=C/C=N\N(C)CC(C)=N/C=C(\C)N/C(C)=C(/C=C(/C)C(=C)NC(C)[C@@H](F)CC)C(=C)N. The molecule has 0 fully saturated rings. The van der Waals surface area contributed by atoms with Gasteiger partial charge in [0, 0.05) is 53.5 Å². The first kappa shape index (κ1) is 28.9. The standard InChI is InChI=1S/C25H41FN6/c1-11-13-29-32(10)16-19(5)28-15-18(4)30-22(8)24(20(6)27)14-17(3)21(7)31-23(9)25(26)12-2/h11,13-15,23,25,30-31H,1,6-7,12,16,27H2,2-5,8-10H3/b17-14-,18-15+,24-22-,28-19?,29-13-/t23?,25-/m0/s1. The van der Waals surface area contributed by atoms with Crippen LogP contribution in [0.15, 0.2) is 82.1 Å². The predicted octanol–water partition coefficient (Wildman–Crippen LogP) is 4.93. The lowest BCUT2D eigenvalue weighted by Gasteiger charge is -2.21. The van der Waals surface area contributed by atoms with Gasteiger partial charge in [0.2, 0.25) is 0 Å². The molecule has 0 aliphatic rings. The molecule has 0 saturated heterocycles. The van der Waals surface area contributed by atoms with E-state index in [1.54, 1.807) is 30.4 Å². The van der Waals surface area contributed by atoms with E-state index < -0.39 is 6.17 Å². The molecule has 7 heteroatoms. The van der Waals surface area contributed by atoms with Gasteiger partial charge in [-0.25, -0.2) is 4.39 Å². The minimum absolute atomic E-state index is 0.323. The van der Waals surface area contributed by atoms with E-state index in [2.05, 4.69) is 40.5 Å². The van der Waals surface area contributed by atoms with Gasteiger partial charge < -0.3 is 16.4 Å². The second kappa shape index (κ2) is 14.8. The maximum Gasteiger partial charge on any atom is 0.120 e. The number of hydrogen-bond acceptors (Lipinski definition) is 6. The second-order valence-corrected chi connectivity index (χ2v) is 7.84. The van der Waals surface area contributed by atoms with E-state index in [1.807, 2.05) is 47.7 Å². The van der Waals surface area contributed by atoms with Gasteiger partial charge in [-0.15, -0.1) is 0 Å². The number of halogens is 1. The van der Waals surface area contributed by atoms with Crippen molar-refractivity contribution in [1.29, 1.82) is 0 Å². The Kier molecular flexibility index (Phi) is 13.4. The van der Waals surface area contributed by atoms with Crippen LogP contribution in [0.5, 0.6) is 0 Å². The van der Waals surface area contributed by atoms with Crippen molar-refractivity contribution >= 4 is 11.9 Å². The molecule has 32 heavy (non-hydrogen) atoms. The summed E-state index contributed by atoms with van der Waals surface area (Å²) in [6.45, 7) is 23.4. The summed E-state index contributed by atoms with van der Waals surface area (Å²) in [5.74, 6) is 0. The largest absolute Gasteiger partial charge is 0.399 e. The van der Waals surface area contributed by atoms with Crippen molar-refractivity contribution in [2.75, 3.05) is 13.6 Å². The number of hydrazone groups is 1. The first-order chi connectivity index (χ1) is 14.9. The van der Waals surface area contributed by atoms with Crippen LogP contribution in [0.3, 0.4) is 0 Å². The molecule has 0 aliphatic heterocycles.